The van der Waals surface area contributed by atoms with Gasteiger partial charge in [0.2, 0.25) is 0 Å². The van der Waals surface area contributed by atoms with Gasteiger partial charge in [-0.2, -0.15) is 5.10 Å². The Morgan fingerprint density at radius 2 is 1.85 bits per heavy atom. The van der Waals surface area contributed by atoms with E-state index in [0.29, 0.717) is 5.56 Å². The molecule has 20 heavy (non-hydrogen) atoms. The minimum atomic E-state index is -0.809. The molecule has 1 aromatic carbocycles. The molecule has 0 amide bonds. The smallest absolute Gasteiger partial charge is 0.131 e. The number of hydrogen-bond acceptors (Lipinski definition) is 3. The van der Waals surface area contributed by atoms with Crippen molar-refractivity contribution in [1.29, 1.82) is 0 Å². The monoisotopic (exact) mass is 274 g/mol. The summed E-state index contributed by atoms with van der Waals surface area (Å²) in [6, 6.07) is 8.37. The van der Waals surface area contributed by atoms with Gasteiger partial charge in [0.25, 0.3) is 0 Å². The quantitative estimate of drug-likeness (QED) is 0.568. The Morgan fingerprint density at radius 1 is 1.10 bits per heavy atom. The molecule has 0 aliphatic heterocycles. The number of halogens is 2. The van der Waals surface area contributed by atoms with Crippen LogP contribution >= 0.6 is 0 Å². The van der Waals surface area contributed by atoms with E-state index in [0.717, 1.165) is 5.52 Å². The van der Waals surface area contributed by atoms with E-state index in [2.05, 4.69) is 10.5 Å². The van der Waals surface area contributed by atoms with Crippen LogP contribution in [-0.2, 0) is 0 Å². The minimum Gasteiger partial charge on any atom is -0.271 e. The molecule has 2 heterocycles. The Kier molecular flexibility index (Phi) is 3.17. The van der Waals surface area contributed by atoms with Crippen LogP contribution < -0.4 is 11.3 Å². The molecule has 3 aromatic rings. The molecule has 0 aliphatic carbocycles. The van der Waals surface area contributed by atoms with Gasteiger partial charge >= 0.3 is 0 Å². The summed E-state index contributed by atoms with van der Waals surface area (Å²) in [5.74, 6) is 4.20. The molecular formula is C14H12F2N4. The van der Waals surface area contributed by atoms with Crippen LogP contribution in [-0.4, -0.2) is 9.61 Å². The number of pyridine rings is 1. The lowest BCUT2D eigenvalue weighted by Crippen LogP contribution is -2.30. The standard InChI is InChI=1S/C14H12F2N4/c15-10-4-3-5-11(16)13(10)14(19-17)9-8-18-20-7-2-1-6-12(9)20/h1-8,14,19H,17H2. The highest BCUT2D eigenvalue weighted by atomic mass is 19.1. The summed E-state index contributed by atoms with van der Waals surface area (Å²) in [6.07, 6.45) is 3.30. The molecule has 0 fully saturated rings. The Balaban J connectivity index is 2.20. The number of aromatic nitrogens is 2. The molecule has 3 rings (SSSR count). The zero-order valence-corrected chi connectivity index (χ0v) is 10.4. The van der Waals surface area contributed by atoms with Crippen LogP contribution in [0.15, 0.2) is 48.8 Å². The molecule has 4 nitrogen and oxygen atoms in total. The number of nitrogens with zero attached hydrogens (tertiary/aromatic N) is 2. The Morgan fingerprint density at radius 3 is 2.55 bits per heavy atom. The number of nitrogens with one attached hydrogen (secondary N) is 1. The average molecular weight is 274 g/mol. The van der Waals surface area contributed by atoms with Crippen molar-refractivity contribution < 1.29 is 8.78 Å². The van der Waals surface area contributed by atoms with Crippen LogP contribution in [0.2, 0.25) is 0 Å². The Hall–Kier alpha value is -2.31. The fourth-order valence-electron chi connectivity index (χ4n) is 2.29. The van der Waals surface area contributed by atoms with Crippen LogP contribution in [0.4, 0.5) is 8.78 Å². The average Bonchev–Trinajstić information content (AvgIpc) is 2.87. The predicted molar refractivity (Wildman–Crippen MR) is 70.7 cm³/mol. The van der Waals surface area contributed by atoms with Gasteiger partial charge in [0, 0.05) is 17.3 Å². The lowest BCUT2D eigenvalue weighted by Gasteiger charge is -2.17. The highest BCUT2D eigenvalue weighted by molar-refractivity contribution is 5.57. The van der Waals surface area contributed by atoms with Gasteiger partial charge in [0.05, 0.1) is 17.8 Å². The first-order valence-electron chi connectivity index (χ1n) is 6.04. The number of rotatable bonds is 3. The minimum absolute atomic E-state index is 0.117. The maximum atomic E-state index is 13.9. The van der Waals surface area contributed by atoms with Crippen molar-refractivity contribution in [3.63, 3.8) is 0 Å². The fourth-order valence-corrected chi connectivity index (χ4v) is 2.29. The molecule has 0 saturated heterocycles. The predicted octanol–water partition coefficient (Wildman–Crippen LogP) is 2.17. The third-order valence-electron chi connectivity index (χ3n) is 3.22. The van der Waals surface area contributed by atoms with Crippen molar-refractivity contribution >= 4 is 5.52 Å². The number of fused-ring (bicyclic) bond motifs is 1. The van der Waals surface area contributed by atoms with Crippen molar-refractivity contribution in [3.05, 3.63) is 71.6 Å². The van der Waals surface area contributed by atoms with Gasteiger partial charge in [-0.15, -0.1) is 0 Å². The third kappa shape index (κ3) is 1.95. The van der Waals surface area contributed by atoms with Crippen molar-refractivity contribution in [3.8, 4) is 0 Å². The number of benzene rings is 1. The van der Waals surface area contributed by atoms with Crippen LogP contribution in [0.5, 0.6) is 0 Å². The lowest BCUT2D eigenvalue weighted by molar-refractivity contribution is 0.512. The molecule has 0 bridgehead atoms. The summed E-state index contributed by atoms with van der Waals surface area (Å²) in [5, 5.41) is 4.15. The summed E-state index contributed by atoms with van der Waals surface area (Å²) in [7, 11) is 0. The molecule has 102 valence electrons. The van der Waals surface area contributed by atoms with E-state index in [-0.39, 0.29) is 5.56 Å². The molecule has 2 aromatic heterocycles. The van der Waals surface area contributed by atoms with Gasteiger partial charge in [-0.3, -0.25) is 5.84 Å². The van der Waals surface area contributed by atoms with E-state index in [9.17, 15) is 8.78 Å². The lowest BCUT2D eigenvalue weighted by atomic mass is 9.99. The van der Waals surface area contributed by atoms with Crippen LogP contribution in [0.3, 0.4) is 0 Å². The van der Waals surface area contributed by atoms with E-state index in [4.69, 9.17) is 5.84 Å². The second kappa shape index (κ2) is 4.99. The maximum Gasteiger partial charge on any atom is 0.131 e. The van der Waals surface area contributed by atoms with Crippen LogP contribution in [0.1, 0.15) is 17.2 Å². The first-order valence-corrected chi connectivity index (χ1v) is 6.04. The summed E-state index contributed by atoms with van der Waals surface area (Å²) in [4.78, 5) is 0. The molecule has 0 aliphatic rings. The topological polar surface area (TPSA) is 55.3 Å². The Bertz CT molecular complexity index is 734. The highest BCUT2D eigenvalue weighted by Gasteiger charge is 2.23. The fraction of sp³-hybridized carbons (Fsp3) is 0.0714. The van der Waals surface area contributed by atoms with Gasteiger partial charge in [0.15, 0.2) is 0 Å². The van der Waals surface area contributed by atoms with Crippen molar-refractivity contribution in [2.75, 3.05) is 0 Å². The third-order valence-corrected chi connectivity index (χ3v) is 3.22. The van der Waals surface area contributed by atoms with E-state index in [1.807, 2.05) is 18.2 Å². The normalized spacial score (nSPS) is 12.8. The zero-order chi connectivity index (χ0) is 14.1. The number of hydrogen-bond donors (Lipinski definition) is 2. The zero-order valence-electron chi connectivity index (χ0n) is 10.4. The molecule has 3 N–H and O–H groups in total. The maximum absolute atomic E-state index is 13.9. The summed E-state index contributed by atoms with van der Waals surface area (Å²) < 4.78 is 29.5. The van der Waals surface area contributed by atoms with E-state index in [1.54, 1.807) is 16.9 Å². The SMILES string of the molecule is NNC(c1c(F)cccc1F)c1cnn2ccccc12. The largest absolute Gasteiger partial charge is 0.271 e. The number of hydrazine groups is 1. The molecule has 6 heteroatoms. The molecule has 0 radical (unpaired) electrons. The number of nitrogens with two attached hydrogens (primary N) is 1. The second-order valence-electron chi connectivity index (χ2n) is 4.37. The molecular weight excluding hydrogens is 262 g/mol. The van der Waals surface area contributed by atoms with E-state index >= 15 is 0 Å². The van der Waals surface area contributed by atoms with E-state index in [1.165, 1.54) is 18.2 Å². The second-order valence-corrected chi connectivity index (χ2v) is 4.37. The van der Waals surface area contributed by atoms with E-state index < -0.39 is 17.7 Å². The first-order chi connectivity index (χ1) is 9.72. The van der Waals surface area contributed by atoms with Crippen molar-refractivity contribution in [2.45, 2.75) is 6.04 Å². The summed E-state index contributed by atoms with van der Waals surface area (Å²) in [5.41, 5.74) is 3.69. The van der Waals surface area contributed by atoms with Gasteiger partial charge in [0.1, 0.15) is 11.6 Å². The van der Waals surface area contributed by atoms with Gasteiger partial charge < -0.3 is 0 Å². The van der Waals surface area contributed by atoms with Crippen LogP contribution in [0, 0.1) is 11.6 Å². The van der Waals surface area contributed by atoms with Crippen LogP contribution in [0.25, 0.3) is 5.52 Å². The van der Waals surface area contributed by atoms with Crippen molar-refractivity contribution in [1.82, 2.24) is 15.0 Å². The molecule has 0 spiro atoms. The van der Waals surface area contributed by atoms with Gasteiger partial charge in [-0.05, 0) is 24.3 Å². The Labute approximate surface area is 113 Å². The summed E-state index contributed by atoms with van der Waals surface area (Å²) >= 11 is 0. The first kappa shape index (κ1) is 12.7. The molecule has 1 atom stereocenters. The summed E-state index contributed by atoms with van der Waals surface area (Å²) in [6.45, 7) is 0. The molecule has 1 unspecified atom stereocenters. The van der Waals surface area contributed by atoms with Crippen molar-refractivity contribution in [2.24, 2.45) is 5.84 Å². The highest BCUT2D eigenvalue weighted by Crippen LogP contribution is 2.28. The van der Waals surface area contributed by atoms with Gasteiger partial charge in [-0.25, -0.2) is 18.7 Å². The molecule has 0 saturated carbocycles. The van der Waals surface area contributed by atoms with Gasteiger partial charge in [-0.1, -0.05) is 12.1 Å².